The summed E-state index contributed by atoms with van der Waals surface area (Å²) in [6.07, 6.45) is -6.39. The minimum absolute atomic E-state index is 0.0340. The fourth-order valence-electron chi connectivity index (χ4n) is 4.48. The van der Waals surface area contributed by atoms with E-state index in [0.29, 0.717) is 5.56 Å². The number of carbonyl (C=O) groups excluding carboxylic acids is 1. The zero-order chi connectivity index (χ0) is 32.6. The SMILES string of the molecule is O=C(/C=C\c1ccc(O)cc1)OC[C@H]1O[C@H](Oc2cc3oc(-c4ccc(O)c(O)c4)c(O)c(=O)c3c(O)c2O)[C@H](O)[C@@H](O)[C@@H]1O. The van der Waals surface area contributed by atoms with Crippen LogP contribution in [0.25, 0.3) is 28.4 Å². The van der Waals surface area contributed by atoms with Gasteiger partial charge in [0.15, 0.2) is 28.8 Å². The molecule has 4 aromatic rings. The first-order valence-electron chi connectivity index (χ1n) is 13.1. The highest BCUT2D eigenvalue weighted by atomic mass is 16.7. The molecule has 0 aliphatic carbocycles. The highest BCUT2D eigenvalue weighted by Crippen LogP contribution is 2.44. The molecule has 0 amide bonds. The Hall–Kier alpha value is -5.48. The molecule has 1 aromatic heterocycles. The molecule has 5 atom stereocenters. The number of fused-ring (bicyclic) bond motifs is 1. The van der Waals surface area contributed by atoms with Gasteiger partial charge in [-0.25, -0.2) is 4.79 Å². The summed E-state index contributed by atoms with van der Waals surface area (Å²) in [5, 5.41) is 90.9. The summed E-state index contributed by atoms with van der Waals surface area (Å²) in [5.41, 5.74) is -1.09. The third-order valence-electron chi connectivity index (χ3n) is 6.92. The Morgan fingerprint density at radius 3 is 2.22 bits per heavy atom. The third-order valence-corrected chi connectivity index (χ3v) is 6.92. The van der Waals surface area contributed by atoms with Crippen LogP contribution >= 0.6 is 0 Å². The van der Waals surface area contributed by atoms with E-state index in [4.69, 9.17) is 18.6 Å². The number of phenolic OH excluding ortho intramolecular Hbond substituents is 5. The van der Waals surface area contributed by atoms with Crippen LogP contribution in [0.2, 0.25) is 0 Å². The molecule has 3 aromatic carbocycles. The lowest BCUT2D eigenvalue weighted by Gasteiger charge is -2.39. The predicted octanol–water partition coefficient (Wildman–Crippen LogP) is 1.14. The minimum atomic E-state index is -1.93. The summed E-state index contributed by atoms with van der Waals surface area (Å²) in [6.45, 7) is -0.616. The Kier molecular flexibility index (Phi) is 8.43. The first kappa shape index (κ1) is 31.0. The molecule has 2 heterocycles. The van der Waals surface area contributed by atoms with E-state index in [2.05, 4.69) is 0 Å². The van der Waals surface area contributed by atoms with Gasteiger partial charge in [-0.15, -0.1) is 0 Å². The Morgan fingerprint density at radius 1 is 0.822 bits per heavy atom. The van der Waals surface area contributed by atoms with Crippen LogP contribution in [0.5, 0.6) is 40.2 Å². The number of hydrogen-bond acceptors (Lipinski definition) is 15. The van der Waals surface area contributed by atoms with Crippen LogP contribution in [0, 0.1) is 0 Å². The number of benzene rings is 3. The molecular formula is C30H26O15. The van der Waals surface area contributed by atoms with Crippen LogP contribution in [-0.4, -0.2) is 89.2 Å². The van der Waals surface area contributed by atoms with Gasteiger partial charge in [0.2, 0.25) is 23.2 Å². The number of esters is 1. The van der Waals surface area contributed by atoms with Crippen molar-refractivity contribution in [3.63, 3.8) is 0 Å². The van der Waals surface area contributed by atoms with Crippen molar-refractivity contribution in [2.45, 2.75) is 30.7 Å². The van der Waals surface area contributed by atoms with Gasteiger partial charge in [0.05, 0.1) is 0 Å². The Bertz CT molecular complexity index is 1830. The van der Waals surface area contributed by atoms with E-state index in [0.717, 1.165) is 24.3 Å². The fraction of sp³-hybridized carbons (Fsp3) is 0.200. The van der Waals surface area contributed by atoms with E-state index >= 15 is 0 Å². The van der Waals surface area contributed by atoms with Crippen molar-refractivity contribution >= 4 is 23.0 Å². The highest BCUT2D eigenvalue weighted by molar-refractivity contribution is 5.91. The minimum Gasteiger partial charge on any atom is -0.508 e. The molecule has 0 bridgehead atoms. The molecule has 45 heavy (non-hydrogen) atoms. The largest absolute Gasteiger partial charge is 0.508 e. The van der Waals surface area contributed by atoms with Crippen LogP contribution in [-0.2, 0) is 14.3 Å². The monoisotopic (exact) mass is 626 g/mol. The van der Waals surface area contributed by atoms with Crippen molar-refractivity contribution in [3.05, 3.63) is 70.4 Å². The van der Waals surface area contributed by atoms with E-state index in [-0.39, 0.29) is 11.3 Å². The van der Waals surface area contributed by atoms with E-state index in [1.807, 2.05) is 0 Å². The van der Waals surface area contributed by atoms with Gasteiger partial charge < -0.3 is 64.6 Å². The second-order valence-corrected chi connectivity index (χ2v) is 9.94. The van der Waals surface area contributed by atoms with Crippen LogP contribution in [0.3, 0.4) is 0 Å². The zero-order valence-corrected chi connectivity index (χ0v) is 22.8. The highest BCUT2D eigenvalue weighted by Gasteiger charge is 2.46. The van der Waals surface area contributed by atoms with Crippen molar-refractivity contribution in [1.29, 1.82) is 0 Å². The number of carbonyl (C=O) groups is 1. The second-order valence-electron chi connectivity index (χ2n) is 9.94. The number of aromatic hydroxyl groups is 6. The molecule has 0 saturated carbocycles. The van der Waals surface area contributed by atoms with Crippen molar-refractivity contribution in [1.82, 2.24) is 0 Å². The average molecular weight is 627 g/mol. The summed E-state index contributed by atoms with van der Waals surface area (Å²) >= 11 is 0. The molecule has 1 fully saturated rings. The van der Waals surface area contributed by atoms with Crippen molar-refractivity contribution in [2.75, 3.05) is 6.61 Å². The fourth-order valence-corrected chi connectivity index (χ4v) is 4.48. The predicted molar refractivity (Wildman–Crippen MR) is 152 cm³/mol. The molecule has 1 saturated heterocycles. The summed E-state index contributed by atoms with van der Waals surface area (Å²) in [5.74, 6) is -6.12. The van der Waals surface area contributed by atoms with Gasteiger partial charge in [0.25, 0.3) is 0 Å². The van der Waals surface area contributed by atoms with Crippen molar-refractivity contribution in [2.24, 2.45) is 0 Å². The van der Waals surface area contributed by atoms with Gasteiger partial charge in [-0.1, -0.05) is 12.1 Å². The van der Waals surface area contributed by atoms with Crippen LogP contribution in [0.15, 0.2) is 63.8 Å². The maximum Gasteiger partial charge on any atom is 0.330 e. The average Bonchev–Trinajstić information content (AvgIpc) is 3.02. The molecule has 1 aliphatic heterocycles. The van der Waals surface area contributed by atoms with Gasteiger partial charge in [-0.2, -0.15) is 0 Å². The summed E-state index contributed by atoms with van der Waals surface area (Å²) in [6, 6.07) is 10.1. The maximum atomic E-state index is 12.9. The number of phenols is 5. The molecular weight excluding hydrogens is 600 g/mol. The van der Waals surface area contributed by atoms with E-state index in [9.17, 15) is 55.5 Å². The van der Waals surface area contributed by atoms with Gasteiger partial charge in [0, 0.05) is 17.7 Å². The zero-order valence-electron chi connectivity index (χ0n) is 22.8. The molecule has 1 aliphatic rings. The Labute approximate surface area is 251 Å². The number of ether oxygens (including phenoxy) is 3. The standard InChI is InChI=1S/C30H26O15/c31-14-5-1-12(2-6-14)3-8-20(34)42-11-19-23(36)26(39)28(41)30(45-19)44-18-10-17-21(24(37)22(18)35)25(38)27(40)29(43-17)13-4-7-15(32)16(33)9-13/h1-10,19,23,26,28,30-33,35-37,39-41H,11H2/b8-3-/t19-,23-,26+,28-,30+/m1/s1. The number of aliphatic hydroxyl groups excluding tert-OH is 3. The topological polar surface area (TPSA) is 257 Å². The first-order valence-corrected chi connectivity index (χ1v) is 13.1. The molecule has 9 N–H and O–H groups in total. The first-order chi connectivity index (χ1) is 21.3. The Balaban J connectivity index is 1.38. The van der Waals surface area contributed by atoms with Gasteiger partial charge >= 0.3 is 5.97 Å². The number of rotatable bonds is 7. The quantitative estimate of drug-likeness (QED) is 0.0791. The van der Waals surface area contributed by atoms with E-state index < -0.39 is 99.9 Å². The summed E-state index contributed by atoms with van der Waals surface area (Å²) in [7, 11) is 0. The third kappa shape index (κ3) is 6.13. The second kappa shape index (κ2) is 12.3. The van der Waals surface area contributed by atoms with E-state index in [1.54, 1.807) is 12.1 Å². The van der Waals surface area contributed by atoms with Crippen LogP contribution in [0.4, 0.5) is 0 Å². The van der Waals surface area contributed by atoms with E-state index in [1.165, 1.54) is 24.3 Å². The lowest BCUT2D eigenvalue weighted by Crippen LogP contribution is -2.60. The van der Waals surface area contributed by atoms with Gasteiger partial charge in [-0.05, 0) is 42.0 Å². The molecule has 236 valence electrons. The van der Waals surface area contributed by atoms with Crippen LogP contribution in [0.1, 0.15) is 5.56 Å². The summed E-state index contributed by atoms with van der Waals surface area (Å²) < 4.78 is 21.6. The molecule has 0 unspecified atom stereocenters. The normalized spacial score (nSPS) is 21.6. The van der Waals surface area contributed by atoms with Crippen LogP contribution < -0.4 is 10.2 Å². The maximum absolute atomic E-state index is 12.9. The van der Waals surface area contributed by atoms with Gasteiger partial charge in [-0.3, -0.25) is 4.79 Å². The molecule has 0 radical (unpaired) electrons. The molecule has 15 heteroatoms. The molecule has 15 nitrogen and oxygen atoms in total. The molecule has 5 rings (SSSR count). The summed E-state index contributed by atoms with van der Waals surface area (Å²) in [4.78, 5) is 25.1. The van der Waals surface area contributed by atoms with Crippen molar-refractivity contribution in [3.8, 4) is 51.6 Å². The van der Waals surface area contributed by atoms with Gasteiger partial charge in [0.1, 0.15) is 47.7 Å². The van der Waals surface area contributed by atoms with Crippen molar-refractivity contribution < 1.29 is 69.4 Å². The number of aliphatic hydroxyl groups is 3. The lowest BCUT2D eigenvalue weighted by molar-refractivity contribution is -0.278. The molecule has 0 spiro atoms. The number of hydrogen-bond donors (Lipinski definition) is 9. The lowest BCUT2D eigenvalue weighted by atomic mass is 9.99. The Morgan fingerprint density at radius 2 is 1.53 bits per heavy atom. The smallest absolute Gasteiger partial charge is 0.330 e.